The van der Waals surface area contributed by atoms with Crippen molar-refractivity contribution in [3.63, 3.8) is 0 Å². The molecule has 0 amide bonds. The maximum absolute atomic E-state index is 9.14. The lowest BCUT2D eigenvalue weighted by molar-refractivity contribution is 0.230. The summed E-state index contributed by atoms with van der Waals surface area (Å²) < 4.78 is 0. The van der Waals surface area contributed by atoms with Gasteiger partial charge in [-0.2, -0.15) is 0 Å². The van der Waals surface area contributed by atoms with Crippen LogP contribution >= 0.6 is 0 Å². The predicted octanol–water partition coefficient (Wildman–Crippen LogP) is 2.51. The van der Waals surface area contributed by atoms with E-state index in [0.717, 1.165) is 23.2 Å². The smallest absolute Gasteiger partial charge is 0.131 e. The molecule has 98 valence electrons. The summed E-state index contributed by atoms with van der Waals surface area (Å²) in [5, 5.41) is 9.14. The molecule has 0 radical (unpaired) electrons. The molecular weight excluding hydrogens is 224 g/mol. The van der Waals surface area contributed by atoms with Crippen molar-refractivity contribution in [2.24, 2.45) is 11.8 Å². The molecule has 0 spiro atoms. The Kier molecular flexibility index (Phi) is 3.25. The third kappa shape index (κ3) is 2.24. The number of piperidine rings is 1. The lowest BCUT2D eigenvalue weighted by atomic mass is 9.78. The number of aromatic nitrogens is 1. The van der Waals surface area contributed by atoms with E-state index in [1.807, 2.05) is 6.20 Å². The number of aliphatic hydroxyl groups is 1. The van der Waals surface area contributed by atoms with Gasteiger partial charge in [0.1, 0.15) is 5.82 Å². The summed E-state index contributed by atoms with van der Waals surface area (Å²) in [7, 11) is 0. The molecule has 1 saturated carbocycles. The van der Waals surface area contributed by atoms with Crippen molar-refractivity contribution in [1.29, 1.82) is 0 Å². The maximum atomic E-state index is 9.14. The highest BCUT2D eigenvalue weighted by Gasteiger charge is 2.31. The van der Waals surface area contributed by atoms with Gasteiger partial charge in [-0.3, -0.25) is 0 Å². The second-order valence-corrected chi connectivity index (χ2v) is 5.95. The minimum absolute atomic E-state index is 0.0827. The fourth-order valence-corrected chi connectivity index (χ4v) is 3.65. The Bertz CT molecular complexity index is 421. The van der Waals surface area contributed by atoms with Crippen molar-refractivity contribution in [2.75, 3.05) is 18.0 Å². The van der Waals surface area contributed by atoms with E-state index in [1.165, 1.54) is 44.3 Å². The van der Waals surface area contributed by atoms with Gasteiger partial charge in [-0.1, -0.05) is 6.42 Å². The molecule has 2 heterocycles. The molecule has 1 aliphatic carbocycles. The van der Waals surface area contributed by atoms with Crippen LogP contribution in [0.15, 0.2) is 12.3 Å². The Morgan fingerprint density at radius 3 is 2.67 bits per heavy atom. The number of rotatable bonds is 2. The molecule has 2 bridgehead atoms. The number of anilines is 1. The van der Waals surface area contributed by atoms with Gasteiger partial charge in [0.25, 0.3) is 0 Å². The number of hydrogen-bond donors (Lipinski definition) is 1. The Balaban J connectivity index is 1.82. The predicted molar refractivity (Wildman–Crippen MR) is 72.6 cm³/mol. The van der Waals surface area contributed by atoms with Gasteiger partial charge >= 0.3 is 0 Å². The van der Waals surface area contributed by atoms with Gasteiger partial charge in [0.2, 0.25) is 0 Å². The van der Waals surface area contributed by atoms with Crippen LogP contribution in [0.5, 0.6) is 0 Å². The number of pyridine rings is 1. The van der Waals surface area contributed by atoms with Crippen molar-refractivity contribution >= 4 is 5.82 Å². The van der Waals surface area contributed by atoms with Gasteiger partial charge in [0.15, 0.2) is 0 Å². The zero-order valence-corrected chi connectivity index (χ0v) is 11.1. The first kappa shape index (κ1) is 12.0. The Hall–Kier alpha value is -1.09. The van der Waals surface area contributed by atoms with E-state index < -0.39 is 0 Å². The molecule has 2 unspecified atom stereocenters. The summed E-state index contributed by atoms with van der Waals surface area (Å²) in [4.78, 5) is 7.03. The van der Waals surface area contributed by atoms with Gasteiger partial charge in [-0.25, -0.2) is 4.98 Å². The Morgan fingerprint density at radius 2 is 2.06 bits per heavy atom. The molecule has 3 rings (SSSR count). The summed E-state index contributed by atoms with van der Waals surface area (Å²) >= 11 is 0. The van der Waals surface area contributed by atoms with Crippen molar-refractivity contribution in [1.82, 2.24) is 4.98 Å². The van der Waals surface area contributed by atoms with E-state index in [4.69, 9.17) is 5.11 Å². The molecule has 0 aromatic carbocycles. The van der Waals surface area contributed by atoms with Gasteiger partial charge in [-0.15, -0.1) is 0 Å². The van der Waals surface area contributed by atoms with Crippen LogP contribution in [-0.2, 0) is 6.61 Å². The third-order valence-electron chi connectivity index (χ3n) is 4.44. The average molecular weight is 246 g/mol. The second kappa shape index (κ2) is 4.88. The number of nitrogens with zero attached hydrogens (tertiary/aromatic N) is 2. The van der Waals surface area contributed by atoms with Crippen LogP contribution in [0.4, 0.5) is 5.82 Å². The topological polar surface area (TPSA) is 36.4 Å². The minimum Gasteiger partial charge on any atom is -0.392 e. The van der Waals surface area contributed by atoms with Gasteiger partial charge in [-0.05, 0) is 55.2 Å². The van der Waals surface area contributed by atoms with E-state index in [1.54, 1.807) is 0 Å². The molecule has 18 heavy (non-hydrogen) atoms. The number of hydrogen-bond acceptors (Lipinski definition) is 3. The Morgan fingerprint density at radius 1 is 1.33 bits per heavy atom. The number of fused-ring (bicyclic) bond motifs is 2. The molecule has 1 aromatic rings. The van der Waals surface area contributed by atoms with Crippen molar-refractivity contribution in [2.45, 2.75) is 39.2 Å². The largest absolute Gasteiger partial charge is 0.392 e. The zero-order chi connectivity index (χ0) is 12.5. The summed E-state index contributed by atoms with van der Waals surface area (Å²) in [6, 6.07) is 2.06. The van der Waals surface area contributed by atoms with E-state index in [2.05, 4.69) is 22.9 Å². The molecule has 2 fully saturated rings. The lowest BCUT2D eigenvalue weighted by Gasteiger charge is -2.42. The third-order valence-corrected chi connectivity index (χ3v) is 4.44. The molecule has 2 atom stereocenters. The maximum Gasteiger partial charge on any atom is 0.131 e. The molecule has 2 aliphatic rings. The molecule has 1 N–H and O–H groups in total. The highest BCUT2D eigenvalue weighted by atomic mass is 16.3. The molecule has 3 heteroatoms. The van der Waals surface area contributed by atoms with E-state index in [9.17, 15) is 0 Å². The first-order valence-corrected chi connectivity index (χ1v) is 7.07. The summed E-state index contributed by atoms with van der Waals surface area (Å²) in [5.74, 6) is 2.87. The van der Waals surface area contributed by atoms with E-state index in [-0.39, 0.29) is 6.61 Å². The summed E-state index contributed by atoms with van der Waals surface area (Å²) in [6.07, 6.45) is 7.43. The van der Waals surface area contributed by atoms with Crippen LogP contribution in [0.3, 0.4) is 0 Å². The summed E-state index contributed by atoms with van der Waals surface area (Å²) in [6.45, 7) is 4.52. The quantitative estimate of drug-likeness (QED) is 0.871. The number of aliphatic hydroxyl groups excluding tert-OH is 1. The average Bonchev–Trinajstić information content (AvgIpc) is 2.38. The fourth-order valence-electron chi connectivity index (χ4n) is 3.65. The highest BCUT2D eigenvalue weighted by Crippen LogP contribution is 2.36. The van der Waals surface area contributed by atoms with Crippen LogP contribution < -0.4 is 4.90 Å². The molecule has 1 aromatic heterocycles. The monoisotopic (exact) mass is 246 g/mol. The van der Waals surface area contributed by atoms with Crippen LogP contribution in [-0.4, -0.2) is 23.2 Å². The molecular formula is C15H22N2O. The van der Waals surface area contributed by atoms with Crippen LogP contribution in [0.2, 0.25) is 0 Å². The number of aryl methyl sites for hydroxylation is 1. The first-order chi connectivity index (χ1) is 8.76. The van der Waals surface area contributed by atoms with Crippen LogP contribution in [0, 0.1) is 18.8 Å². The minimum atomic E-state index is 0.0827. The van der Waals surface area contributed by atoms with E-state index in [0.29, 0.717) is 0 Å². The highest BCUT2D eigenvalue weighted by molar-refractivity contribution is 5.48. The van der Waals surface area contributed by atoms with Crippen LogP contribution in [0.1, 0.15) is 36.8 Å². The van der Waals surface area contributed by atoms with Crippen molar-refractivity contribution < 1.29 is 5.11 Å². The lowest BCUT2D eigenvalue weighted by Crippen LogP contribution is -2.43. The molecule has 1 saturated heterocycles. The van der Waals surface area contributed by atoms with Crippen molar-refractivity contribution in [3.05, 3.63) is 23.4 Å². The first-order valence-electron chi connectivity index (χ1n) is 7.07. The zero-order valence-electron chi connectivity index (χ0n) is 11.1. The van der Waals surface area contributed by atoms with Gasteiger partial charge < -0.3 is 10.0 Å². The van der Waals surface area contributed by atoms with Gasteiger partial charge in [0, 0.05) is 19.3 Å². The Labute approximate surface area is 109 Å². The van der Waals surface area contributed by atoms with E-state index >= 15 is 0 Å². The second-order valence-electron chi connectivity index (χ2n) is 5.95. The van der Waals surface area contributed by atoms with Crippen molar-refractivity contribution in [3.8, 4) is 0 Å². The molecule has 1 aliphatic heterocycles. The summed E-state index contributed by atoms with van der Waals surface area (Å²) in [5.41, 5.74) is 2.11. The molecule has 3 nitrogen and oxygen atoms in total. The standard InChI is InChI=1S/C15H22N2O/c1-11-5-14(10-18)7-16-15(11)17-8-12-3-2-4-13(6-12)9-17/h5,7,12-13,18H,2-4,6,8-10H2,1H3. The normalized spacial score (nSPS) is 27.3. The van der Waals surface area contributed by atoms with Crippen LogP contribution in [0.25, 0.3) is 0 Å². The van der Waals surface area contributed by atoms with Gasteiger partial charge in [0.05, 0.1) is 6.61 Å². The SMILES string of the molecule is Cc1cc(CO)cnc1N1CC2CCCC(C2)C1. The fraction of sp³-hybridized carbons (Fsp3) is 0.667.